The number of hydrogen-bond donors (Lipinski definition) is 1. The van der Waals surface area contributed by atoms with Gasteiger partial charge in [-0.1, -0.05) is 6.92 Å². The summed E-state index contributed by atoms with van der Waals surface area (Å²) >= 11 is 1.94. The van der Waals surface area contributed by atoms with Crippen LogP contribution in [0.1, 0.15) is 33.6 Å². The van der Waals surface area contributed by atoms with E-state index in [0.717, 1.165) is 13.1 Å². The number of nitrogens with zero attached hydrogens (tertiary/aromatic N) is 1. The molecule has 0 aliphatic rings. The Morgan fingerprint density at radius 3 is 2.53 bits per heavy atom. The summed E-state index contributed by atoms with van der Waals surface area (Å²) in [6.45, 7) is 9.05. The van der Waals surface area contributed by atoms with Gasteiger partial charge in [0, 0.05) is 25.2 Å². The topological polar surface area (TPSA) is 15.3 Å². The third kappa shape index (κ3) is 8.12. The first-order valence-electron chi connectivity index (χ1n) is 6.04. The first kappa shape index (κ1) is 15.3. The van der Waals surface area contributed by atoms with Crippen molar-refractivity contribution >= 4 is 11.8 Å². The standard InChI is InChI=1S/C12H28N2S/c1-6-11(2)13-8-9-14(4)12(3)7-10-15-5/h11-13H,6-10H2,1-5H3. The molecular weight excluding hydrogens is 204 g/mol. The number of rotatable bonds is 9. The van der Waals surface area contributed by atoms with E-state index in [4.69, 9.17) is 0 Å². The predicted octanol–water partition coefficient (Wildman–Crippen LogP) is 2.45. The van der Waals surface area contributed by atoms with E-state index in [1.165, 1.54) is 18.6 Å². The summed E-state index contributed by atoms with van der Waals surface area (Å²) in [7, 11) is 2.23. The van der Waals surface area contributed by atoms with Crippen molar-refractivity contribution in [1.82, 2.24) is 10.2 Å². The Bertz CT molecular complexity index is 142. The molecule has 0 aromatic heterocycles. The van der Waals surface area contributed by atoms with Gasteiger partial charge in [-0.2, -0.15) is 11.8 Å². The van der Waals surface area contributed by atoms with E-state index in [1.54, 1.807) is 0 Å². The number of hydrogen-bond acceptors (Lipinski definition) is 3. The first-order chi connectivity index (χ1) is 7.11. The third-order valence-electron chi connectivity index (χ3n) is 3.06. The van der Waals surface area contributed by atoms with Crippen molar-refractivity contribution in [3.05, 3.63) is 0 Å². The molecule has 0 radical (unpaired) electrons. The van der Waals surface area contributed by atoms with Crippen molar-refractivity contribution in [2.75, 3.05) is 32.1 Å². The van der Waals surface area contributed by atoms with Crippen LogP contribution in [0, 0.1) is 0 Å². The SMILES string of the molecule is CCC(C)NCCN(C)C(C)CCSC. The molecule has 0 aromatic carbocycles. The van der Waals surface area contributed by atoms with Crippen molar-refractivity contribution < 1.29 is 0 Å². The van der Waals surface area contributed by atoms with Crippen molar-refractivity contribution in [3.63, 3.8) is 0 Å². The monoisotopic (exact) mass is 232 g/mol. The van der Waals surface area contributed by atoms with Gasteiger partial charge in [0.05, 0.1) is 0 Å². The maximum absolute atomic E-state index is 3.53. The Hall–Kier alpha value is 0.270. The number of likely N-dealkylation sites (N-methyl/N-ethyl adjacent to an activating group) is 1. The van der Waals surface area contributed by atoms with E-state index in [9.17, 15) is 0 Å². The highest BCUT2D eigenvalue weighted by molar-refractivity contribution is 7.98. The molecule has 15 heavy (non-hydrogen) atoms. The molecule has 0 aliphatic carbocycles. The lowest BCUT2D eigenvalue weighted by Gasteiger charge is -2.25. The Kier molecular flexibility index (Phi) is 9.66. The fraction of sp³-hybridized carbons (Fsp3) is 1.00. The number of thioether (sulfide) groups is 1. The summed E-state index contributed by atoms with van der Waals surface area (Å²) in [5.74, 6) is 1.27. The molecule has 0 aromatic rings. The molecule has 2 nitrogen and oxygen atoms in total. The van der Waals surface area contributed by atoms with Gasteiger partial charge >= 0.3 is 0 Å². The second kappa shape index (κ2) is 9.49. The Morgan fingerprint density at radius 2 is 2.00 bits per heavy atom. The average Bonchev–Trinajstić information content (AvgIpc) is 2.25. The van der Waals surface area contributed by atoms with Crippen molar-refractivity contribution in [3.8, 4) is 0 Å². The van der Waals surface area contributed by atoms with Crippen LogP contribution in [0.3, 0.4) is 0 Å². The predicted molar refractivity (Wildman–Crippen MR) is 72.8 cm³/mol. The highest BCUT2D eigenvalue weighted by Gasteiger charge is 2.08. The molecule has 0 saturated heterocycles. The minimum absolute atomic E-state index is 0.653. The van der Waals surface area contributed by atoms with Gasteiger partial charge < -0.3 is 10.2 Å². The lowest BCUT2D eigenvalue weighted by Crippen LogP contribution is -2.38. The molecule has 0 fully saturated rings. The molecule has 0 spiro atoms. The molecule has 0 aliphatic heterocycles. The Labute approximate surface area is 100 Å². The lowest BCUT2D eigenvalue weighted by molar-refractivity contribution is 0.250. The van der Waals surface area contributed by atoms with Gasteiger partial charge in [0.2, 0.25) is 0 Å². The first-order valence-corrected chi connectivity index (χ1v) is 7.43. The fourth-order valence-corrected chi connectivity index (χ4v) is 1.94. The second-order valence-corrected chi connectivity index (χ2v) is 5.36. The molecule has 0 heterocycles. The molecular formula is C12H28N2S. The van der Waals surface area contributed by atoms with Crippen LogP contribution in [-0.2, 0) is 0 Å². The molecule has 2 unspecified atom stereocenters. The van der Waals surface area contributed by atoms with E-state index >= 15 is 0 Å². The minimum Gasteiger partial charge on any atom is -0.313 e. The third-order valence-corrected chi connectivity index (χ3v) is 3.71. The van der Waals surface area contributed by atoms with Crippen molar-refractivity contribution in [2.24, 2.45) is 0 Å². The number of nitrogens with one attached hydrogen (secondary N) is 1. The lowest BCUT2D eigenvalue weighted by atomic mass is 10.2. The van der Waals surface area contributed by atoms with Gasteiger partial charge in [-0.15, -0.1) is 0 Å². The summed E-state index contributed by atoms with van der Waals surface area (Å²) in [5, 5.41) is 3.53. The van der Waals surface area contributed by atoms with Crippen LogP contribution in [0.5, 0.6) is 0 Å². The summed E-state index contributed by atoms with van der Waals surface area (Å²) in [6, 6.07) is 1.36. The molecule has 0 amide bonds. The highest BCUT2D eigenvalue weighted by atomic mass is 32.2. The zero-order valence-electron chi connectivity index (χ0n) is 11.0. The van der Waals surface area contributed by atoms with E-state index in [0.29, 0.717) is 12.1 Å². The second-order valence-electron chi connectivity index (χ2n) is 4.37. The van der Waals surface area contributed by atoms with Gasteiger partial charge in [0.25, 0.3) is 0 Å². The fourth-order valence-electron chi connectivity index (χ4n) is 1.36. The zero-order chi connectivity index (χ0) is 11.7. The summed E-state index contributed by atoms with van der Waals surface area (Å²) in [5.41, 5.74) is 0. The van der Waals surface area contributed by atoms with Crippen LogP contribution in [0.4, 0.5) is 0 Å². The summed E-state index contributed by atoms with van der Waals surface area (Å²) in [6.07, 6.45) is 4.68. The summed E-state index contributed by atoms with van der Waals surface area (Å²) < 4.78 is 0. The Balaban J connectivity index is 3.50. The van der Waals surface area contributed by atoms with Crippen LogP contribution in [0.25, 0.3) is 0 Å². The highest BCUT2D eigenvalue weighted by Crippen LogP contribution is 2.05. The van der Waals surface area contributed by atoms with Crippen LogP contribution in [0.2, 0.25) is 0 Å². The molecule has 3 heteroatoms. The quantitative estimate of drug-likeness (QED) is 0.657. The smallest absolute Gasteiger partial charge is 0.0107 e. The van der Waals surface area contributed by atoms with Crippen molar-refractivity contribution in [2.45, 2.75) is 45.7 Å². The van der Waals surface area contributed by atoms with E-state index in [2.05, 4.69) is 44.3 Å². The molecule has 0 rings (SSSR count). The van der Waals surface area contributed by atoms with E-state index in [-0.39, 0.29) is 0 Å². The average molecular weight is 232 g/mol. The van der Waals surface area contributed by atoms with E-state index < -0.39 is 0 Å². The zero-order valence-corrected chi connectivity index (χ0v) is 11.9. The van der Waals surface area contributed by atoms with Gasteiger partial charge in [0.15, 0.2) is 0 Å². The largest absolute Gasteiger partial charge is 0.313 e. The maximum Gasteiger partial charge on any atom is 0.0107 e. The molecule has 92 valence electrons. The van der Waals surface area contributed by atoms with Crippen LogP contribution in [-0.4, -0.2) is 49.1 Å². The van der Waals surface area contributed by atoms with Gasteiger partial charge in [-0.05, 0) is 45.7 Å². The minimum atomic E-state index is 0.653. The van der Waals surface area contributed by atoms with Gasteiger partial charge in [-0.3, -0.25) is 0 Å². The van der Waals surface area contributed by atoms with Gasteiger partial charge in [-0.25, -0.2) is 0 Å². The van der Waals surface area contributed by atoms with Crippen LogP contribution in [0.15, 0.2) is 0 Å². The Morgan fingerprint density at radius 1 is 1.33 bits per heavy atom. The van der Waals surface area contributed by atoms with Crippen molar-refractivity contribution in [1.29, 1.82) is 0 Å². The van der Waals surface area contributed by atoms with E-state index in [1.807, 2.05) is 11.8 Å². The molecule has 0 saturated carbocycles. The maximum atomic E-state index is 3.53. The molecule has 0 bridgehead atoms. The van der Waals surface area contributed by atoms with Crippen LogP contribution < -0.4 is 5.32 Å². The van der Waals surface area contributed by atoms with Gasteiger partial charge in [0.1, 0.15) is 0 Å². The normalized spacial score (nSPS) is 15.6. The molecule has 1 N–H and O–H groups in total. The molecule has 2 atom stereocenters. The van der Waals surface area contributed by atoms with Crippen LogP contribution >= 0.6 is 11.8 Å². The summed E-state index contributed by atoms with van der Waals surface area (Å²) in [4.78, 5) is 2.45.